The Labute approximate surface area is 153 Å². The number of benzene rings is 3. The van der Waals surface area contributed by atoms with Crippen molar-refractivity contribution in [3.05, 3.63) is 106 Å². The molecule has 0 nitrogen and oxygen atoms in total. The Morgan fingerprint density at radius 2 is 0.760 bits per heavy atom. The Hall–Kier alpha value is -1.91. The smallest absolute Gasteiger partial charge is 0.00645 e. The monoisotopic (exact) mass is 346 g/mol. The van der Waals surface area contributed by atoms with Gasteiger partial charge in [-0.1, -0.05) is 80.7 Å². The molecular weight excluding hydrogens is 319 g/mol. The highest BCUT2D eigenvalue weighted by atomic mass is 31.1. The number of aryl methyl sites for hydroxylation is 3. The lowest BCUT2D eigenvalue weighted by atomic mass is 10.1. The van der Waals surface area contributed by atoms with Crippen LogP contribution in [0.25, 0.3) is 0 Å². The molecule has 0 aliphatic heterocycles. The van der Waals surface area contributed by atoms with E-state index in [4.69, 9.17) is 0 Å². The molecule has 0 bridgehead atoms. The van der Waals surface area contributed by atoms with E-state index in [9.17, 15) is 0 Å². The first-order valence-corrected chi connectivity index (χ1v) is 10.9. The van der Waals surface area contributed by atoms with Gasteiger partial charge in [0.05, 0.1) is 0 Å². The summed E-state index contributed by atoms with van der Waals surface area (Å²) in [7, 11) is -0.138. The van der Waals surface area contributed by atoms with Gasteiger partial charge in [0.1, 0.15) is 0 Å². The van der Waals surface area contributed by atoms with Crippen LogP contribution in [0.5, 0.6) is 0 Å². The third-order valence-electron chi connectivity index (χ3n) is 4.97. The molecule has 3 aromatic carbocycles. The summed E-state index contributed by atoms with van der Waals surface area (Å²) in [4.78, 5) is 0. The molecule has 0 radical (unpaired) electrons. The van der Waals surface area contributed by atoms with Gasteiger partial charge in [-0.15, -0.1) is 0 Å². The second-order valence-corrected chi connectivity index (χ2v) is 9.21. The van der Waals surface area contributed by atoms with E-state index in [2.05, 4.69) is 93.6 Å². The SMILES string of the molecule is Cc1ccccc1CP(Cc1ccccc1C)Cc1ccccc1C. The van der Waals surface area contributed by atoms with Gasteiger partial charge in [0, 0.05) is 0 Å². The lowest BCUT2D eigenvalue weighted by molar-refractivity contribution is 1.20. The largest absolute Gasteiger partial charge is 0.0932 e. The van der Waals surface area contributed by atoms with E-state index < -0.39 is 0 Å². The lowest BCUT2D eigenvalue weighted by Crippen LogP contribution is -1.97. The molecule has 0 aliphatic rings. The van der Waals surface area contributed by atoms with Gasteiger partial charge in [0.25, 0.3) is 0 Å². The van der Waals surface area contributed by atoms with E-state index in [1.165, 1.54) is 51.9 Å². The Balaban J connectivity index is 1.86. The summed E-state index contributed by atoms with van der Waals surface area (Å²) in [5.74, 6) is 0. The van der Waals surface area contributed by atoms with Crippen molar-refractivity contribution < 1.29 is 0 Å². The molecule has 0 amide bonds. The molecule has 0 unspecified atom stereocenters. The molecule has 0 N–H and O–H groups in total. The minimum atomic E-state index is -0.138. The fourth-order valence-corrected chi connectivity index (χ4v) is 6.10. The molecular formula is C24H27P. The van der Waals surface area contributed by atoms with E-state index in [1.807, 2.05) is 0 Å². The van der Waals surface area contributed by atoms with Crippen LogP contribution in [0.4, 0.5) is 0 Å². The topological polar surface area (TPSA) is 0 Å². The molecule has 3 aromatic rings. The van der Waals surface area contributed by atoms with Gasteiger partial charge < -0.3 is 0 Å². The predicted molar refractivity (Wildman–Crippen MR) is 112 cm³/mol. The second kappa shape index (κ2) is 8.45. The number of hydrogen-bond donors (Lipinski definition) is 0. The quantitative estimate of drug-likeness (QED) is 0.422. The van der Waals surface area contributed by atoms with Crippen LogP contribution >= 0.6 is 7.92 Å². The zero-order valence-electron chi connectivity index (χ0n) is 15.5. The molecule has 128 valence electrons. The van der Waals surface area contributed by atoms with Crippen molar-refractivity contribution in [2.24, 2.45) is 0 Å². The minimum Gasteiger partial charge on any atom is -0.0932 e. The zero-order valence-corrected chi connectivity index (χ0v) is 16.4. The highest BCUT2D eigenvalue weighted by Crippen LogP contribution is 2.47. The Morgan fingerprint density at radius 3 is 1.04 bits per heavy atom. The maximum Gasteiger partial charge on any atom is -0.00645 e. The first kappa shape index (κ1) is 17.9. The van der Waals surface area contributed by atoms with Gasteiger partial charge in [0.2, 0.25) is 0 Å². The van der Waals surface area contributed by atoms with Crippen molar-refractivity contribution in [3.63, 3.8) is 0 Å². The van der Waals surface area contributed by atoms with E-state index in [1.54, 1.807) is 0 Å². The van der Waals surface area contributed by atoms with Crippen LogP contribution in [0.3, 0.4) is 0 Å². The highest BCUT2D eigenvalue weighted by molar-refractivity contribution is 7.55. The maximum absolute atomic E-state index is 2.31. The van der Waals surface area contributed by atoms with Crippen molar-refractivity contribution >= 4 is 7.92 Å². The van der Waals surface area contributed by atoms with Crippen LogP contribution in [0.15, 0.2) is 72.8 Å². The average Bonchev–Trinajstić information content (AvgIpc) is 2.61. The standard InChI is InChI=1S/C24H27P/c1-19-10-4-7-13-22(19)16-25(17-23-14-8-5-11-20(23)2)18-24-15-9-6-12-21(24)3/h4-15H,16-18H2,1-3H3. The summed E-state index contributed by atoms with van der Waals surface area (Å²) in [6.07, 6.45) is 3.60. The summed E-state index contributed by atoms with van der Waals surface area (Å²) >= 11 is 0. The Kier molecular flexibility index (Phi) is 6.05. The molecule has 0 atom stereocenters. The molecule has 0 saturated heterocycles. The normalized spacial score (nSPS) is 11.0. The van der Waals surface area contributed by atoms with Crippen LogP contribution in [0.2, 0.25) is 0 Å². The van der Waals surface area contributed by atoms with E-state index in [-0.39, 0.29) is 7.92 Å². The average molecular weight is 346 g/mol. The van der Waals surface area contributed by atoms with Crippen molar-refractivity contribution in [2.75, 3.05) is 0 Å². The van der Waals surface area contributed by atoms with Gasteiger partial charge in [-0.2, -0.15) is 0 Å². The third-order valence-corrected chi connectivity index (χ3v) is 7.33. The third kappa shape index (κ3) is 4.80. The second-order valence-electron chi connectivity index (χ2n) is 6.92. The van der Waals surface area contributed by atoms with Gasteiger partial charge >= 0.3 is 0 Å². The van der Waals surface area contributed by atoms with E-state index in [0.29, 0.717) is 0 Å². The van der Waals surface area contributed by atoms with E-state index >= 15 is 0 Å². The van der Waals surface area contributed by atoms with Crippen molar-refractivity contribution in [2.45, 2.75) is 39.3 Å². The van der Waals surface area contributed by atoms with Gasteiger partial charge in [0.15, 0.2) is 0 Å². The first-order valence-electron chi connectivity index (χ1n) is 8.99. The number of rotatable bonds is 6. The number of hydrogen-bond acceptors (Lipinski definition) is 0. The van der Waals surface area contributed by atoms with E-state index in [0.717, 1.165) is 0 Å². The van der Waals surface area contributed by atoms with Crippen LogP contribution in [-0.2, 0) is 18.5 Å². The Morgan fingerprint density at radius 1 is 0.480 bits per heavy atom. The Bertz CT molecular complexity index is 722. The fourth-order valence-electron chi connectivity index (χ4n) is 3.25. The van der Waals surface area contributed by atoms with Crippen LogP contribution in [0, 0.1) is 20.8 Å². The summed E-state index contributed by atoms with van der Waals surface area (Å²) in [6.45, 7) is 6.72. The van der Waals surface area contributed by atoms with Crippen LogP contribution in [0.1, 0.15) is 33.4 Å². The molecule has 0 saturated carbocycles. The predicted octanol–water partition coefficient (Wildman–Crippen LogP) is 6.99. The van der Waals surface area contributed by atoms with Crippen LogP contribution in [-0.4, -0.2) is 0 Å². The van der Waals surface area contributed by atoms with Crippen LogP contribution < -0.4 is 0 Å². The maximum atomic E-state index is 2.31. The molecule has 1 heteroatoms. The zero-order chi connectivity index (χ0) is 17.6. The molecule has 25 heavy (non-hydrogen) atoms. The van der Waals surface area contributed by atoms with Crippen molar-refractivity contribution in [1.29, 1.82) is 0 Å². The summed E-state index contributed by atoms with van der Waals surface area (Å²) in [5, 5.41) is 0. The van der Waals surface area contributed by atoms with Crippen molar-refractivity contribution in [3.8, 4) is 0 Å². The molecule has 0 aromatic heterocycles. The molecule has 0 fully saturated rings. The highest BCUT2D eigenvalue weighted by Gasteiger charge is 2.14. The molecule has 0 spiro atoms. The molecule has 0 heterocycles. The fraction of sp³-hybridized carbons (Fsp3) is 0.250. The lowest BCUT2D eigenvalue weighted by Gasteiger charge is -2.21. The van der Waals surface area contributed by atoms with Gasteiger partial charge in [-0.25, -0.2) is 0 Å². The minimum absolute atomic E-state index is 0.138. The van der Waals surface area contributed by atoms with Crippen molar-refractivity contribution in [1.82, 2.24) is 0 Å². The first-order chi connectivity index (χ1) is 12.1. The summed E-state index contributed by atoms with van der Waals surface area (Å²) in [5.41, 5.74) is 8.79. The summed E-state index contributed by atoms with van der Waals surface area (Å²) in [6, 6.07) is 26.6. The molecule has 0 aliphatic carbocycles. The van der Waals surface area contributed by atoms with Gasteiger partial charge in [-0.3, -0.25) is 0 Å². The van der Waals surface area contributed by atoms with Gasteiger partial charge in [-0.05, 0) is 72.6 Å². The molecule has 3 rings (SSSR count). The summed E-state index contributed by atoms with van der Waals surface area (Å²) < 4.78 is 0.